The van der Waals surface area contributed by atoms with Crippen molar-refractivity contribution >= 4 is 17.3 Å². The van der Waals surface area contributed by atoms with Gasteiger partial charge in [-0.05, 0) is 34.9 Å². The smallest absolute Gasteiger partial charge is 0.425 e. The second kappa shape index (κ2) is 10.3. The van der Waals surface area contributed by atoms with Crippen LogP contribution in [-0.2, 0) is 24.1 Å². The third-order valence-corrected chi connectivity index (χ3v) is 5.47. The van der Waals surface area contributed by atoms with E-state index in [2.05, 4.69) is 5.32 Å². The lowest BCUT2D eigenvalue weighted by Crippen LogP contribution is -2.13. The third kappa shape index (κ3) is 6.70. The van der Waals surface area contributed by atoms with Crippen LogP contribution < -0.4 is 10.1 Å². The number of carboxylic acid groups (broad SMARTS) is 1. The first kappa shape index (κ1) is 22.6. The second-order valence-corrected chi connectivity index (χ2v) is 7.75. The molecule has 0 aliphatic rings. The monoisotopic (exact) mass is 447 g/mol. The number of alkyl halides is 3. The lowest BCUT2D eigenvalue weighted by Gasteiger charge is -2.09. The van der Waals surface area contributed by atoms with E-state index < -0.39 is 17.0 Å². The Morgan fingerprint density at radius 1 is 1.10 bits per heavy atom. The molecular formula is C23H20F3NO3S. The van der Waals surface area contributed by atoms with Crippen LogP contribution in [0.2, 0.25) is 0 Å². The van der Waals surface area contributed by atoms with Gasteiger partial charge in [-0.2, -0.15) is 13.2 Å². The quantitative estimate of drug-likeness (QED) is 0.324. The molecule has 0 amide bonds. The molecule has 3 aromatic rings. The zero-order valence-corrected chi connectivity index (χ0v) is 17.2. The number of ether oxygens (including phenoxy) is 1. The molecule has 0 saturated carbocycles. The Hall–Kier alpha value is -3.10. The van der Waals surface area contributed by atoms with E-state index in [0.717, 1.165) is 11.6 Å². The van der Waals surface area contributed by atoms with Crippen molar-refractivity contribution in [3.8, 4) is 16.9 Å². The summed E-state index contributed by atoms with van der Waals surface area (Å²) in [5.74, 6) is -0.442. The molecule has 0 unspecified atom stereocenters. The maximum Gasteiger partial charge on any atom is 0.425 e. The van der Waals surface area contributed by atoms with Crippen molar-refractivity contribution in [2.75, 3.05) is 6.54 Å². The van der Waals surface area contributed by atoms with Gasteiger partial charge in [0, 0.05) is 19.2 Å². The lowest BCUT2D eigenvalue weighted by atomic mass is 10.1. The Bertz CT molecular complexity index is 1030. The van der Waals surface area contributed by atoms with E-state index in [1.165, 1.54) is 12.1 Å². The van der Waals surface area contributed by atoms with Gasteiger partial charge in [-0.15, -0.1) is 11.3 Å². The zero-order valence-electron chi connectivity index (χ0n) is 16.4. The molecule has 3 rings (SSSR count). The van der Waals surface area contributed by atoms with Gasteiger partial charge in [0.05, 0.1) is 4.88 Å². The van der Waals surface area contributed by atoms with Gasteiger partial charge < -0.3 is 15.2 Å². The van der Waals surface area contributed by atoms with Crippen LogP contribution in [0.4, 0.5) is 13.2 Å². The highest BCUT2D eigenvalue weighted by atomic mass is 32.1. The predicted molar refractivity (Wildman–Crippen MR) is 114 cm³/mol. The number of hydrogen-bond donors (Lipinski definition) is 2. The molecule has 31 heavy (non-hydrogen) atoms. The molecular weight excluding hydrogens is 427 g/mol. The first-order chi connectivity index (χ1) is 14.8. The van der Waals surface area contributed by atoms with E-state index in [0.29, 0.717) is 46.2 Å². The second-order valence-electron chi connectivity index (χ2n) is 6.62. The summed E-state index contributed by atoms with van der Waals surface area (Å²) in [6.07, 6.45) is -1.82. The zero-order chi connectivity index (χ0) is 22.3. The van der Waals surface area contributed by atoms with Crippen molar-refractivity contribution in [1.82, 2.24) is 5.32 Å². The fourth-order valence-corrected chi connectivity index (χ4v) is 3.81. The van der Waals surface area contributed by atoms with Gasteiger partial charge in [0.1, 0.15) is 17.2 Å². The molecule has 0 fully saturated rings. The van der Waals surface area contributed by atoms with E-state index in [4.69, 9.17) is 9.84 Å². The summed E-state index contributed by atoms with van der Waals surface area (Å²) in [6.45, 7) is 0.998. The first-order valence-corrected chi connectivity index (χ1v) is 10.2. The van der Waals surface area contributed by atoms with Crippen LogP contribution in [0.5, 0.6) is 5.75 Å². The van der Waals surface area contributed by atoms with Gasteiger partial charge in [-0.1, -0.05) is 48.5 Å². The van der Waals surface area contributed by atoms with Gasteiger partial charge in [-0.3, -0.25) is 0 Å². The van der Waals surface area contributed by atoms with Gasteiger partial charge in [0.15, 0.2) is 0 Å². The standard InChI is InChI=1S/C23H20F3NO3S/c24-23(25,26)21-13-19(17-5-2-1-3-6-17)20(31-21)15-30-18-10-8-16(9-11-18)14-27-12-4-7-22(28)29/h1-11,13,27H,12,14-15H2,(H,28,29)/b7-4+. The minimum absolute atomic E-state index is 0.0303. The number of hydrogen-bond acceptors (Lipinski definition) is 4. The average molecular weight is 447 g/mol. The Kier molecular flexibility index (Phi) is 7.49. The number of rotatable bonds is 9. The number of carboxylic acids is 1. The molecule has 8 heteroatoms. The Balaban J connectivity index is 1.64. The molecule has 0 aliphatic heterocycles. The van der Waals surface area contributed by atoms with Gasteiger partial charge in [-0.25, -0.2) is 4.79 Å². The molecule has 0 bridgehead atoms. The molecule has 0 saturated heterocycles. The van der Waals surface area contributed by atoms with Crippen LogP contribution in [0, 0.1) is 0 Å². The molecule has 162 valence electrons. The summed E-state index contributed by atoms with van der Waals surface area (Å²) in [5.41, 5.74) is 2.20. The average Bonchev–Trinajstić information content (AvgIpc) is 3.18. The molecule has 0 radical (unpaired) electrons. The molecule has 4 nitrogen and oxygen atoms in total. The van der Waals surface area contributed by atoms with Crippen LogP contribution in [0.15, 0.2) is 72.8 Å². The normalized spacial score (nSPS) is 11.7. The van der Waals surface area contributed by atoms with Gasteiger partial charge in [0.25, 0.3) is 0 Å². The van der Waals surface area contributed by atoms with Gasteiger partial charge >= 0.3 is 12.1 Å². The van der Waals surface area contributed by atoms with Crippen molar-refractivity contribution in [3.05, 3.63) is 88.1 Å². The summed E-state index contributed by atoms with van der Waals surface area (Å²) >= 11 is 0.693. The number of carbonyl (C=O) groups is 1. The van der Waals surface area contributed by atoms with Crippen LogP contribution in [-0.4, -0.2) is 17.6 Å². The number of nitrogens with one attached hydrogen (secondary N) is 1. The summed E-state index contributed by atoms with van der Waals surface area (Å²) in [4.78, 5) is 10.3. The number of thiophene rings is 1. The topological polar surface area (TPSA) is 58.6 Å². The Morgan fingerprint density at radius 2 is 1.81 bits per heavy atom. The number of halogens is 3. The molecule has 2 aromatic carbocycles. The number of aliphatic carboxylic acids is 1. The molecule has 0 aliphatic carbocycles. The van der Waals surface area contributed by atoms with Crippen LogP contribution in [0.3, 0.4) is 0 Å². The maximum atomic E-state index is 13.2. The molecule has 0 atom stereocenters. The van der Waals surface area contributed by atoms with Crippen molar-refractivity contribution in [2.45, 2.75) is 19.3 Å². The number of benzene rings is 2. The lowest BCUT2D eigenvalue weighted by molar-refractivity contribution is -0.134. The maximum absolute atomic E-state index is 13.2. The van der Waals surface area contributed by atoms with Crippen molar-refractivity contribution < 1.29 is 27.8 Å². The predicted octanol–water partition coefficient (Wildman–Crippen LogP) is 5.74. The third-order valence-electron chi connectivity index (χ3n) is 4.32. The minimum Gasteiger partial charge on any atom is -0.488 e. The summed E-state index contributed by atoms with van der Waals surface area (Å²) in [7, 11) is 0. The largest absolute Gasteiger partial charge is 0.488 e. The van der Waals surface area contributed by atoms with Crippen LogP contribution in [0.1, 0.15) is 15.3 Å². The highest BCUT2D eigenvalue weighted by Gasteiger charge is 2.34. The summed E-state index contributed by atoms with van der Waals surface area (Å²) in [6, 6.07) is 17.3. The van der Waals surface area contributed by atoms with E-state index in [9.17, 15) is 18.0 Å². The molecule has 1 heterocycles. The van der Waals surface area contributed by atoms with E-state index in [1.807, 2.05) is 18.2 Å². The summed E-state index contributed by atoms with van der Waals surface area (Å²) < 4.78 is 45.4. The highest BCUT2D eigenvalue weighted by Crippen LogP contribution is 2.40. The van der Waals surface area contributed by atoms with Crippen LogP contribution >= 0.6 is 11.3 Å². The Morgan fingerprint density at radius 3 is 2.45 bits per heavy atom. The molecule has 2 N–H and O–H groups in total. The fraction of sp³-hybridized carbons (Fsp3) is 0.174. The van der Waals surface area contributed by atoms with E-state index in [-0.39, 0.29) is 6.61 Å². The van der Waals surface area contributed by atoms with E-state index >= 15 is 0 Å². The molecule has 0 spiro atoms. The highest BCUT2D eigenvalue weighted by molar-refractivity contribution is 7.12. The van der Waals surface area contributed by atoms with E-state index in [1.54, 1.807) is 36.4 Å². The van der Waals surface area contributed by atoms with Crippen molar-refractivity contribution in [1.29, 1.82) is 0 Å². The molecule has 1 aromatic heterocycles. The minimum atomic E-state index is -4.40. The van der Waals surface area contributed by atoms with Crippen molar-refractivity contribution in [3.63, 3.8) is 0 Å². The first-order valence-electron chi connectivity index (χ1n) is 9.40. The fourth-order valence-electron chi connectivity index (χ4n) is 2.85. The summed E-state index contributed by atoms with van der Waals surface area (Å²) in [5, 5.41) is 11.6. The van der Waals surface area contributed by atoms with Gasteiger partial charge in [0.2, 0.25) is 0 Å². The van der Waals surface area contributed by atoms with Crippen LogP contribution in [0.25, 0.3) is 11.1 Å². The SMILES string of the molecule is O=C(O)/C=C/CNCc1ccc(OCc2sc(C(F)(F)F)cc2-c2ccccc2)cc1. The van der Waals surface area contributed by atoms with Crippen molar-refractivity contribution in [2.24, 2.45) is 0 Å². The Labute approximate surface area is 181 Å².